The maximum absolute atomic E-state index is 12.0. The molecule has 18 heavy (non-hydrogen) atoms. The number of rotatable bonds is 3. The van der Waals surface area contributed by atoms with Crippen LogP contribution in [0.25, 0.3) is 0 Å². The molecule has 0 saturated carbocycles. The standard InChI is InChI=1S/C11H8F3NO2S/c12-11(13,14)18-6-5-15-8-4-2-1-3-7(8)9(16)10(15)17/h1-4H,5-6H2. The summed E-state index contributed by atoms with van der Waals surface area (Å²) in [7, 11) is 0. The third-order valence-corrected chi connectivity index (χ3v) is 3.17. The van der Waals surface area contributed by atoms with Crippen molar-refractivity contribution in [3.8, 4) is 0 Å². The second-order valence-electron chi connectivity index (χ2n) is 3.60. The molecule has 0 radical (unpaired) electrons. The molecule has 2 rings (SSSR count). The highest BCUT2D eigenvalue weighted by molar-refractivity contribution is 8.00. The van der Waals surface area contributed by atoms with Crippen LogP contribution < -0.4 is 4.90 Å². The second-order valence-corrected chi connectivity index (χ2v) is 4.76. The predicted octanol–water partition coefficient (Wildman–Crippen LogP) is 2.47. The molecule has 0 saturated heterocycles. The number of alkyl halides is 3. The Bertz CT molecular complexity index is 501. The van der Waals surface area contributed by atoms with E-state index in [0.29, 0.717) is 5.69 Å². The maximum atomic E-state index is 12.0. The molecule has 96 valence electrons. The minimum absolute atomic E-state index is 0.133. The van der Waals surface area contributed by atoms with Gasteiger partial charge in [0.1, 0.15) is 0 Å². The van der Waals surface area contributed by atoms with Gasteiger partial charge in [0.2, 0.25) is 0 Å². The number of amides is 1. The van der Waals surface area contributed by atoms with E-state index in [0.717, 1.165) is 4.90 Å². The van der Waals surface area contributed by atoms with Crippen LogP contribution in [-0.2, 0) is 4.79 Å². The van der Waals surface area contributed by atoms with Gasteiger partial charge >= 0.3 is 5.51 Å². The lowest BCUT2D eigenvalue weighted by Gasteiger charge is -2.16. The van der Waals surface area contributed by atoms with E-state index >= 15 is 0 Å². The fourth-order valence-electron chi connectivity index (χ4n) is 1.72. The van der Waals surface area contributed by atoms with Gasteiger partial charge in [0, 0.05) is 12.3 Å². The molecule has 0 bridgehead atoms. The van der Waals surface area contributed by atoms with E-state index in [-0.39, 0.29) is 29.6 Å². The Morgan fingerprint density at radius 2 is 1.83 bits per heavy atom. The number of benzene rings is 1. The summed E-state index contributed by atoms with van der Waals surface area (Å²) in [6.07, 6.45) is 0. The smallest absolute Gasteiger partial charge is 0.304 e. The van der Waals surface area contributed by atoms with Crippen molar-refractivity contribution in [2.75, 3.05) is 17.2 Å². The minimum Gasteiger partial charge on any atom is -0.304 e. The first kappa shape index (κ1) is 12.9. The van der Waals surface area contributed by atoms with Crippen molar-refractivity contribution in [3.63, 3.8) is 0 Å². The molecule has 0 aliphatic carbocycles. The zero-order valence-corrected chi connectivity index (χ0v) is 9.85. The molecule has 1 aromatic rings. The largest absolute Gasteiger partial charge is 0.441 e. The summed E-state index contributed by atoms with van der Waals surface area (Å²) in [5.41, 5.74) is -3.69. The molecule has 1 aliphatic rings. The number of anilines is 1. The normalized spacial score (nSPS) is 15.2. The van der Waals surface area contributed by atoms with E-state index in [2.05, 4.69) is 0 Å². The Balaban J connectivity index is 2.10. The average Bonchev–Trinajstić information content (AvgIpc) is 2.53. The molecule has 0 atom stereocenters. The van der Waals surface area contributed by atoms with Crippen molar-refractivity contribution in [3.05, 3.63) is 29.8 Å². The number of thioether (sulfide) groups is 1. The second kappa shape index (κ2) is 4.64. The number of hydrogen-bond donors (Lipinski definition) is 0. The summed E-state index contributed by atoms with van der Waals surface area (Å²) in [6.45, 7) is -0.133. The van der Waals surface area contributed by atoms with Gasteiger partial charge in [0.05, 0.1) is 11.3 Å². The first-order valence-electron chi connectivity index (χ1n) is 5.06. The van der Waals surface area contributed by atoms with Gasteiger partial charge in [-0.3, -0.25) is 9.59 Å². The summed E-state index contributed by atoms with van der Waals surface area (Å²) in [4.78, 5) is 24.2. The number of hydrogen-bond acceptors (Lipinski definition) is 3. The Labute approximate surface area is 105 Å². The fraction of sp³-hybridized carbons (Fsp3) is 0.273. The monoisotopic (exact) mass is 275 g/mol. The number of para-hydroxylation sites is 1. The number of fused-ring (bicyclic) bond motifs is 1. The highest BCUT2D eigenvalue weighted by Gasteiger charge is 2.36. The van der Waals surface area contributed by atoms with Gasteiger partial charge in [0.25, 0.3) is 11.7 Å². The number of carbonyl (C=O) groups excluding carboxylic acids is 2. The van der Waals surface area contributed by atoms with Crippen molar-refractivity contribution in [2.24, 2.45) is 0 Å². The number of nitrogens with zero attached hydrogens (tertiary/aromatic N) is 1. The molecule has 1 heterocycles. The highest BCUT2D eigenvalue weighted by Crippen LogP contribution is 2.32. The third kappa shape index (κ3) is 2.50. The van der Waals surface area contributed by atoms with Crippen LogP contribution in [0.1, 0.15) is 10.4 Å². The molecule has 0 fully saturated rings. The van der Waals surface area contributed by atoms with Crippen LogP contribution in [0, 0.1) is 0 Å². The topological polar surface area (TPSA) is 37.4 Å². The van der Waals surface area contributed by atoms with E-state index in [4.69, 9.17) is 0 Å². The quantitative estimate of drug-likeness (QED) is 0.795. The van der Waals surface area contributed by atoms with Crippen molar-refractivity contribution in [1.29, 1.82) is 0 Å². The molecule has 1 aliphatic heterocycles. The van der Waals surface area contributed by atoms with E-state index in [1.165, 1.54) is 6.07 Å². The molecule has 1 amide bonds. The zero-order chi connectivity index (χ0) is 13.3. The van der Waals surface area contributed by atoms with Crippen LogP contribution in [0.4, 0.5) is 18.9 Å². The van der Waals surface area contributed by atoms with Crippen LogP contribution in [0.2, 0.25) is 0 Å². The Hall–Kier alpha value is -1.50. The molecule has 0 spiro atoms. The van der Waals surface area contributed by atoms with Crippen molar-refractivity contribution < 1.29 is 22.8 Å². The minimum atomic E-state index is -4.33. The van der Waals surface area contributed by atoms with Gasteiger partial charge in [-0.15, -0.1) is 0 Å². The first-order valence-corrected chi connectivity index (χ1v) is 6.04. The van der Waals surface area contributed by atoms with Gasteiger partial charge in [-0.1, -0.05) is 12.1 Å². The van der Waals surface area contributed by atoms with Gasteiger partial charge in [0.15, 0.2) is 0 Å². The van der Waals surface area contributed by atoms with Gasteiger partial charge < -0.3 is 4.90 Å². The number of carbonyl (C=O) groups is 2. The molecule has 1 aromatic carbocycles. The van der Waals surface area contributed by atoms with E-state index in [1.807, 2.05) is 0 Å². The maximum Gasteiger partial charge on any atom is 0.441 e. The molecule has 0 unspecified atom stereocenters. The van der Waals surface area contributed by atoms with Crippen LogP contribution in [0.5, 0.6) is 0 Å². The molecular formula is C11H8F3NO2S. The van der Waals surface area contributed by atoms with Gasteiger partial charge in [-0.05, 0) is 23.9 Å². The average molecular weight is 275 g/mol. The van der Waals surface area contributed by atoms with Crippen LogP contribution in [-0.4, -0.2) is 29.5 Å². The number of Topliss-reactive ketones (excluding diaryl/α,β-unsaturated/α-hetero) is 1. The van der Waals surface area contributed by atoms with Gasteiger partial charge in [-0.25, -0.2) is 0 Å². The molecule has 3 nitrogen and oxygen atoms in total. The van der Waals surface area contributed by atoms with Crippen LogP contribution in [0.3, 0.4) is 0 Å². The Morgan fingerprint density at radius 1 is 1.17 bits per heavy atom. The van der Waals surface area contributed by atoms with Crippen molar-refractivity contribution in [2.45, 2.75) is 5.51 Å². The lowest BCUT2D eigenvalue weighted by molar-refractivity contribution is -0.114. The fourth-order valence-corrected chi connectivity index (χ4v) is 2.23. The van der Waals surface area contributed by atoms with Gasteiger partial charge in [-0.2, -0.15) is 13.2 Å². The van der Waals surface area contributed by atoms with Crippen LogP contribution >= 0.6 is 11.8 Å². The first-order chi connectivity index (χ1) is 8.40. The summed E-state index contributed by atoms with van der Waals surface area (Å²) >= 11 is -0.207. The Morgan fingerprint density at radius 3 is 2.50 bits per heavy atom. The molecule has 0 aromatic heterocycles. The lowest BCUT2D eigenvalue weighted by Crippen LogP contribution is -2.32. The van der Waals surface area contributed by atoms with Crippen molar-refractivity contribution in [1.82, 2.24) is 0 Å². The van der Waals surface area contributed by atoms with Crippen LogP contribution in [0.15, 0.2) is 24.3 Å². The van der Waals surface area contributed by atoms with E-state index < -0.39 is 17.2 Å². The van der Waals surface area contributed by atoms with E-state index in [1.54, 1.807) is 18.2 Å². The number of ketones is 1. The highest BCUT2D eigenvalue weighted by atomic mass is 32.2. The third-order valence-electron chi connectivity index (χ3n) is 2.46. The zero-order valence-electron chi connectivity index (χ0n) is 9.03. The summed E-state index contributed by atoms with van der Waals surface area (Å²) in [5.74, 6) is -1.72. The Kier molecular flexibility index (Phi) is 3.34. The summed E-state index contributed by atoms with van der Waals surface area (Å²) < 4.78 is 36.0. The SMILES string of the molecule is O=C1C(=O)N(CCSC(F)(F)F)c2ccccc21. The molecule has 7 heteroatoms. The summed E-state index contributed by atoms with van der Waals surface area (Å²) in [5, 5.41) is 0. The number of halogens is 3. The lowest BCUT2D eigenvalue weighted by atomic mass is 10.1. The summed E-state index contributed by atoms with van der Waals surface area (Å²) in [6, 6.07) is 6.29. The van der Waals surface area contributed by atoms with Crippen molar-refractivity contribution >= 4 is 29.1 Å². The molecule has 0 N–H and O–H groups in total. The van der Waals surface area contributed by atoms with E-state index in [9.17, 15) is 22.8 Å². The predicted molar refractivity (Wildman–Crippen MR) is 61.6 cm³/mol. The molecular weight excluding hydrogens is 267 g/mol.